The number of quaternary nitrogens is 1. The van der Waals surface area contributed by atoms with Gasteiger partial charge in [-0.2, -0.15) is 0 Å². The third kappa shape index (κ3) is 3.16. The van der Waals surface area contributed by atoms with Crippen molar-refractivity contribution >= 4 is 11.9 Å². The molecular weight excluding hydrogens is 228 g/mol. The highest BCUT2D eigenvalue weighted by molar-refractivity contribution is 5.86. The number of nitrogens with one attached hydrogen (secondary N) is 2. The first-order chi connectivity index (χ1) is 8.54. The van der Waals surface area contributed by atoms with E-state index >= 15 is 0 Å². The average Bonchev–Trinajstić information content (AvgIpc) is 2.28. The van der Waals surface area contributed by atoms with Crippen molar-refractivity contribution in [3.8, 4) is 0 Å². The molecule has 0 unspecified atom stereocenters. The van der Waals surface area contributed by atoms with Crippen LogP contribution in [0, 0.1) is 13.8 Å². The highest BCUT2D eigenvalue weighted by atomic mass is 15.3. The number of rotatable bonds is 1. The van der Waals surface area contributed by atoms with Crippen molar-refractivity contribution in [2.45, 2.75) is 13.8 Å². The predicted octanol–water partition coefficient (Wildman–Crippen LogP) is -1.64. The van der Waals surface area contributed by atoms with E-state index in [-0.39, 0.29) is 0 Å². The molecule has 2 rings (SSSR count). The number of aromatic nitrogens is 2. The third-order valence-electron chi connectivity index (χ3n) is 3.18. The van der Waals surface area contributed by atoms with Crippen LogP contribution in [0.3, 0.4) is 0 Å². The maximum Gasteiger partial charge on any atom is 0.351 e. The molecular formula is C12H22N6+2. The van der Waals surface area contributed by atoms with Gasteiger partial charge in [0.15, 0.2) is 0 Å². The van der Waals surface area contributed by atoms with Crippen LogP contribution in [-0.4, -0.2) is 53.7 Å². The van der Waals surface area contributed by atoms with Crippen molar-refractivity contribution in [3.05, 3.63) is 17.5 Å². The van der Waals surface area contributed by atoms with Crippen LogP contribution in [0.15, 0.2) is 6.07 Å². The van der Waals surface area contributed by atoms with Crippen LogP contribution in [-0.2, 0) is 0 Å². The van der Waals surface area contributed by atoms with Gasteiger partial charge in [0.1, 0.15) is 26.2 Å². The predicted molar refractivity (Wildman–Crippen MR) is 70.9 cm³/mol. The quantitative estimate of drug-likeness (QED) is 0.413. The van der Waals surface area contributed by atoms with Crippen LogP contribution in [0.5, 0.6) is 0 Å². The summed E-state index contributed by atoms with van der Waals surface area (Å²) in [5, 5.41) is 3.10. The summed E-state index contributed by atoms with van der Waals surface area (Å²) in [7, 11) is 2.20. The lowest BCUT2D eigenvalue weighted by Gasteiger charge is -2.21. The zero-order chi connectivity index (χ0) is 13.1. The summed E-state index contributed by atoms with van der Waals surface area (Å²) in [6, 6.07) is 1.95. The molecule has 1 aromatic heterocycles. The fourth-order valence-corrected chi connectivity index (χ4v) is 2.10. The number of hydrogen-bond donors (Lipinski definition) is 3. The summed E-state index contributed by atoms with van der Waals surface area (Å²) in [5.74, 6) is 1.23. The highest BCUT2D eigenvalue weighted by Gasteiger charge is 2.18. The van der Waals surface area contributed by atoms with Crippen molar-refractivity contribution in [1.29, 1.82) is 0 Å². The summed E-state index contributed by atoms with van der Waals surface area (Å²) in [6.07, 6.45) is 0. The Kier molecular flexibility index (Phi) is 3.76. The molecule has 0 radical (unpaired) electrons. The van der Waals surface area contributed by atoms with Gasteiger partial charge in [-0.1, -0.05) is 0 Å². The molecule has 1 aromatic rings. The minimum Gasteiger partial charge on any atom is -0.332 e. The lowest BCUT2D eigenvalue weighted by atomic mass is 10.3. The van der Waals surface area contributed by atoms with Crippen LogP contribution in [0.25, 0.3) is 0 Å². The Morgan fingerprint density at radius 3 is 2.39 bits per heavy atom. The first-order valence-electron chi connectivity index (χ1n) is 6.32. The molecule has 2 heterocycles. The Morgan fingerprint density at radius 2 is 1.83 bits per heavy atom. The van der Waals surface area contributed by atoms with Gasteiger partial charge in [0.05, 0.1) is 7.05 Å². The number of anilines is 1. The summed E-state index contributed by atoms with van der Waals surface area (Å²) in [6.45, 7) is 8.06. The molecule has 0 aliphatic carbocycles. The van der Waals surface area contributed by atoms with Gasteiger partial charge in [-0.3, -0.25) is 10.3 Å². The normalized spacial score (nSPS) is 19.7. The molecule has 6 heteroatoms. The first-order valence-corrected chi connectivity index (χ1v) is 6.32. The lowest BCUT2D eigenvalue weighted by molar-refractivity contribution is -0.914. The Bertz CT molecular complexity index is 437. The van der Waals surface area contributed by atoms with Crippen LogP contribution in [0.4, 0.5) is 5.95 Å². The molecule has 0 bridgehead atoms. The van der Waals surface area contributed by atoms with Crippen LogP contribution in [0.1, 0.15) is 11.4 Å². The number of nitrogens with two attached hydrogens (primary N) is 1. The minimum absolute atomic E-state index is 0.580. The summed E-state index contributed by atoms with van der Waals surface area (Å²) < 4.78 is 2.15. The van der Waals surface area contributed by atoms with Crippen molar-refractivity contribution in [1.82, 2.24) is 9.97 Å². The van der Waals surface area contributed by atoms with Crippen molar-refractivity contribution in [2.24, 2.45) is 5.73 Å². The molecule has 1 saturated heterocycles. The number of hydrogen-bond acceptors (Lipinski definition) is 2. The molecule has 0 atom stereocenters. The third-order valence-corrected chi connectivity index (χ3v) is 3.18. The van der Waals surface area contributed by atoms with Crippen LogP contribution in [0.2, 0.25) is 0 Å². The number of aryl methyl sites for hydroxylation is 2. The molecule has 18 heavy (non-hydrogen) atoms. The molecule has 0 spiro atoms. The Morgan fingerprint density at radius 1 is 1.28 bits per heavy atom. The zero-order valence-corrected chi connectivity index (χ0v) is 11.3. The second-order valence-electron chi connectivity index (χ2n) is 4.93. The average molecular weight is 250 g/mol. The molecule has 1 aliphatic rings. The molecule has 0 aromatic carbocycles. The molecule has 6 nitrogen and oxygen atoms in total. The summed E-state index contributed by atoms with van der Waals surface area (Å²) in [5.41, 5.74) is 7.96. The zero-order valence-electron chi connectivity index (χ0n) is 11.3. The Balaban J connectivity index is 2.10. The molecule has 1 fully saturated rings. The Hall–Kier alpha value is -1.69. The van der Waals surface area contributed by atoms with Crippen molar-refractivity contribution in [3.63, 3.8) is 0 Å². The van der Waals surface area contributed by atoms with Gasteiger partial charge in [-0.25, -0.2) is 15.3 Å². The van der Waals surface area contributed by atoms with Gasteiger partial charge in [-0.05, 0) is 19.9 Å². The van der Waals surface area contributed by atoms with E-state index in [2.05, 4.69) is 26.9 Å². The molecule has 98 valence electrons. The second kappa shape index (κ2) is 5.30. The molecule has 4 N–H and O–H groups in total. The van der Waals surface area contributed by atoms with Crippen molar-refractivity contribution in [2.75, 3.05) is 38.5 Å². The Labute approximate surface area is 108 Å². The van der Waals surface area contributed by atoms with E-state index in [1.165, 1.54) is 0 Å². The first kappa shape index (κ1) is 12.8. The fraction of sp³-hybridized carbons (Fsp3) is 0.583. The largest absolute Gasteiger partial charge is 0.351 e. The van der Waals surface area contributed by atoms with E-state index in [4.69, 9.17) is 5.73 Å². The summed E-state index contributed by atoms with van der Waals surface area (Å²) in [4.78, 5) is 10.2. The SMILES string of the molecule is Cc1cc(C)nc(NC(N)=[N+]2CC[NH+](C)CC2)n1. The van der Waals surface area contributed by atoms with E-state index < -0.39 is 0 Å². The fourth-order valence-electron chi connectivity index (χ4n) is 2.10. The van der Waals surface area contributed by atoms with E-state index in [1.807, 2.05) is 19.9 Å². The van der Waals surface area contributed by atoms with Gasteiger partial charge in [-0.15, -0.1) is 0 Å². The monoisotopic (exact) mass is 250 g/mol. The second-order valence-corrected chi connectivity index (χ2v) is 4.93. The summed E-state index contributed by atoms with van der Waals surface area (Å²) >= 11 is 0. The minimum atomic E-state index is 0.580. The topological polar surface area (TPSA) is 71.3 Å². The standard InChI is InChI=1S/C12H20N6/c1-9-8-10(2)15-12(14-9)16-11(13)18-6-4-17(3)5-7-18/h8H,4-7H2,1-3H3,(H2,13,14,15,16)/p+2. The number of nitrogens with zero attached hydrogens (tertiary/aromatic N) is 3. The van der Waals surface area contributed by atoms with Gasteiger partial charge >= 0.3 is 5.96 Å². The van der Waals surface area contributed by atoms with Gasteiger partial charge < -0.3 is 4.90 Å². The van der Waals surface area contributed by atoms with E-state index in [0.29, 0.717) is 11.9 Å². The lowest BCUT2D eigenvalue weighted by Crippen LogP contribution is -3.11. The maximum absolute atomic E-state index is 6.07. The smallest absolute Gasteiger partial charge is 0.332 e. The highest BCUT2D eigenvalue weighted by Crippen LogP contribution is 2.02. The van der Waals surface area contributed by atoms with Gasteiger partial charge in [0, 0.05) is 11.4 Å². The molecule has 0 amide bonds. The van der Waals surface area contributed by atoms with Crippen LogP contribution >= 0.6 is 0 Å². The number of likely N-dealkylation sites (N-methyl/N-ethyl adjacent to an activating group) is 1. The van der Waals surface area contributed by atoms with Crippen LogP contribution < -0.4 is 16.0 Å². The number of guanidine groups is 1. The van der Waals surface area contributed by atoms with Gasteiger partial charge in [0.25, 0.3) is 5.95 Å². The van der Waals surface area contributed by atoms with E-state index in [1.54, 1.807) is 4.90 Å². The maximum atomic E-state index is 6.07. The molecule has 1 aliphatic heterocycles. The van der Waals surface area contributed by atoms with Crippen molar-refractivity contribution < 1.29 is 9.48 Å². The number of piperazine rings is 1. The molecule has 0 saturated carbocycles. The van der Waals surface area contributed by atoms with Gasteiger partial charge in [0.2, 0.25) is 0 Å². The van der Waals surface area contributed by atoms with E-state index in [0.717, 1.165) is 37.6 Å². The van der Waals surface area contributed by atoms with E-state index in [9.17, 15) is 0 Å².